The Morgan fingerprint density at radius 3 is 2.94 bits per heavy atom. The summed E-state index contributed by atoms with van der Waals surface area (Å²) in [5.41, 5.74) is 0. The van der Waals surface area contributed by atoms with Crippen molar-refractivity contribution in [2.75, 3.05) is 24.6 Å². The van der Waals surface area contributed by atoms with Crippen LogP contribution in [0.15, 0.2) is 0 Å². The van der Waals surface area contributed by atoms with Gasteiger partial charge in [-0.25, -0.2) is 0 Å². The van der Waals surface area contributed by atoms with Gasteiger partial charge in [0.15, 0.2) is 0 Å². The summed E-state index contributed by atoms with van der Waals surface area (Å²) in [6, 6.07) is 0.829. The SMILES string of the molecule is CC1CCN(C(=O)CC2CSCCN2)C(C)C1. The van der Waals surface area contributed by atoms with E-state index < -0.39 is 0 Å². The normalized spacial score (nSPS) is 34.7. The van der Waals surface area contributed by atoms with Crippen molar-refractivity contribution in [3.8, 4) is 0 Å². The Balaban J connectivity index is 1.82. The fourth-order valence-electron chi connectivity index (χ4n) is 2.86. The Morgan fingerprint density at radius 1 is 1.47 bits per heavy atom. The highest BCUT2D eigenvalue weighted by atomic mass is 32.2. The van der Waals surface area contributed by atoms with Crippen LogP contribution in [0.4, 0.5) is 0 Å². The summed E-state index contributed by atoms with van der Waals surface area (Å²) in [7, 11) is 0. The predicted molar refractivity (Wildman–Crippen MR) is 73.3 cm³/mol. The van der Waals surface area contributed by atoms with Gasteiger partial charge in [-0.1, -0.05) is 6.92 Å². The number of piperidine rings is 1. The second-order valence-corrected chi connectivity index (χ2v) is 6.65. The molecule has 4 heteroatoms. The fraction of sp³-hybridized carbons (Fsp3) is 0.923. The number of amides is 1. The van der Waals surface area contributed by atoms with Crippen LogP contribution >= 0.6 is 11.8 Å². The Bertz CT molecular complexity index is 266. The quantitative estimate of drug-likeness (QED) is 0.816. The molecule has 0 spiro atoms. The summed E-state index contributed by atoms with van der Waals surface area (Å²) in [4.78, 5) is 14.4. The minimum atomic E-state index is 0.351. The van der Waals surface area contributed by atoms with E-state index in [9.17, 15) is 4.79 Å². The molecule has 98 valence electrons. The largest absolute Gasteiger partial charge is 0.340 e. The Morgan fingerprint density at radius 2 is 2.29 bits per heavy atom. The average molecular weight is 256 g/mol. The maximum atomic E-state index is 12.3. The zero-order chi connectivity index (χ0) is 12.3. The van der Waals surface area contributed by atoms with Crippen LogP contribution in [0, 0.1) is 5.92 Å². The number of hydrogen-bond acceptors (Lipinski definition) is 3. The molecule has 3 unspecified atom stereocenters. The highest BCUT2D eigenvalue weighted by molar-refractivity contribution is 7.99. The number of likely N-dealkylation sites (tertiary alicyclic amines) is 1. The first-order chi connectivity index (χ1) is 8.16. The summed E-state index contributed by atoms with van der Waals surface area (Å²) in [6.07, 6.45) is 3.02. The minimum absolute atomic E-state index is 0.351. The lowest BCUT2D eigenvalue weighted by molar-refractivity contribution is -0.135. The molecular weight excluding hydrogens is 232 g/mol. The molecule has 1 amide bonds. The van der Waals surface area contributed by atoms with Gasteiger partial charge in [0, 0.05) is 43.1 Å². The topological polar surface area (TPSA) is 32.3 Å². The summed E-state index contributed by atoms with van der Waals surface area (Å²) in [5.74, 6) is 3.40. The highest BCUT2D eigenvalue weighted by Gasteiger charge is 2.28. The molecular formula is C13H24N2OS. The number of nitrogens with zero attached hydrogens (tertiary/aromatic N) is 1. The summed E-state index contributed by atoms with van der Waals surface area (Å²) < 4.78 is 0. The van der Waals surface area contributed by atoms with Crippen LogP contribution in [-0.2, 0) is 4.79 Å². The third-order valence-corrected chi connectivity index (χ3v) is 5.01. The zero-order valence-corrected chi connectivity index (χ0v) is 11.8. The number of rotatable bonds is 2. The van der Waals surface area contributed by atoms with Crippen LogP contribution in [0.1, 0.15) is 33.1 Å². The lowest BCUT2D eigenvalue weighted by Crippen LogP contribution is -2.48. The number of carbonyl (C=O) groups excluding carboxylic acids is 1. The molecule has 2 aliphatic heterocycles. The molecule has 2 heterocycles. The van der Waals surface area contributed by atoms with Gasteiger partial charge in [-0.05, 0) is 25.7 Å². The summed E-state index contributed by atoms with van der Waals surface area (Å²) in [6.45, 7) is 6.49. The molecule has 0 aromatic rings. The molecule has 1 N–H and O–H groups in total. The monoisotopic (exact) mass is 256 g/mol. The van der Waals surface area contributed by atoms with Gasteiger partial charge in [0.25, 0.3) is 0 Å². The van der Waals surface area contributed by atoms with E-state index in [0.717, 1.165) is 24.8 Å². The maximum absolute atomic E-state index is 12.3. The van der Waals surface area contributed by atoms with Crippen molar-refractivity contribution in [2.24, 2.45) is 5.92 Å². The van der Waals surface area contributed by atoms with E-state index in [0.29, 0.717) is 24.4 Å². The third-order valence-electron chi connectivity index (χ3n) is 3.88. The molecule has 0 radical (unpaired) electrons. The van der Waals surface area contributed by atoms with Crippen LogP contribution in [0.25, 0.3) is 0 Å². The fourth-order valence-corrected chi connectivity index (χ4v) is 3.81. The standard InChI is InChI=1S/C13H24N2OS/c1-10-3-5-15(11(2)7-10)13(16)8-12-9-17-6-4-14-12/h10-12,14H,3-9H2,1-2H3. The minimum Gasteiger partial charge on any atom is -0.340 e. The van der Waals surface area contributed by atoms with E-state index in [-0.39, 0.29) is 0 Å². The Labute approximate surface area is 109 Å². The van der Waals surface area contributed by atoms with Crippen molar-refractivity contribution in [1.82, 2.24) is 10.2 Å². The van der Waals surface area contributed by atoms with Crippen molar-refractivity contribution in [2.45, 2.75) is 45.2 Å². The molecule has 0 aromatic heterocycles. The van der Waals surface area contributed by atoms with Crippen molar-refractivity contribution < 1.29 is 4.79 Å². The van der Waals surface area contributed by atoms with Gasteiger partial charge in [0.1, 0.15) is 0 Å². The van der Waals surface area contributed by atoms with E-state index in [1.54, 1.807) is 0 Å². The lowest BCUT2D eigenvalue weighted by Gasteiger charge is -2.37. The number of hydrogen-bond donors (Lipinski definition) is 1. The second kappa shape index (κ2) is 6.10. The third kappa shape index (κ3) is 3.62. The van der Waals surface area contributed by atoms with Gasteiger partial charge in [0.2, 0.25) is 5.91 Å². The first kappa shape index (κ1) is 13.2. The summed E-state index contributed by atoms with van der Waals surface area (Å²) >= 11 is 1.96. The molecule has 0 saturated carbocycles. The van der Waals surface area contributed by atoms with Crippen LogP contribution in [-0.4, -0.2) is 47.5 Å². The Hall–Kier alpha value is -0.220. The number of carbonyl (C=O) groups is 1. The molecule has 3 atom stereocenters. The van der Waals surface area contributed by atoms with E-state index in [4.69, 9.17) is 0 Å². The predicted octanol–water partition coefficient (Wildman–Crippen LogP) is 1.73. The van der Waals surface area contributed by atoms with E-state index in [1.807, 2.05) is 11.8 Å². The maximum Gasteiger partial charge on any atom is 0.224 e. The highest BCUT2D eigenvalue weighted by Crippen LogP contribution is 2.23. The molecule has 0 aliphatic carbocycles. The van der Waals surface area contributed by atoms with Crippen LogP contribution in [0.3, 0.4) is 0 Å². The van der Waals surface area contributed by atoms with Gasteiger partial charge in [-0.15, -0.1) is 0 Å². The molecule has 2 fully saturated rings. The van der Waals surface area contributed by atoms with Gasteiger partial charge in [-0.2, -0.15) is 11.8 Å². The van der Waals surface area contributed by atoms with E-state index >= 15 is 0 Å². The molecule has 17 heavy (non-hydrogen) atoms. The smallest absolute Gasteiger partial charge is 0.224 e. The zero-order valence-electron chi connectivity index (χ0n) is 10.9. The van der Waals surface area contributed by atoms with Crippen LogP contribution in [0.5, 0.6) is 0 Å². The van der Waals surface area contributed by atoms with Crippen molar-refractivity contribution in [1.29, 1.82) is 0 Å². The molecule has 0 bridgehead atoms. The van der Waals surface area contributed by atoms with Gasteiger partial charge < -0.3 is 10.2 Å². The molecule has 0 aromatic carbocycles. The molecule has 2 rings (SSSR count). The van der Waals surface area contributed by atoms with Gasteiger partial charge >= 0.3 is 0 Å². The first-order valence-corrected chi connectivity index (χ1v) is 7.93. The summed E-state index contributed by atoms with van der Waals surface area (Å²) in [5, 5.41) is 3.44. The van der Waals surface area contributed by atoms with Crippen molar-refractivity contribution in [3.05, 3.63) is 0 Å². The van der Waals surface area contributed by atoms with Crippen molar-refractivity contribution in [3.63, 3.8) is 0 Å². The second-order valence-electron chi connectivity index (χ2n) is 5.50. The lowest BCUT2D eigenvalue weighted by atomic mass is 9.93. The Kier molecular flexibility index (Phi) is 4.74. The molecule has 2 aliphatic rings. The van der Waals surface area contributed by atoms with E-state index in [2.05, 4.69) is 24.1 Å². The van der Waals surface area contributed by atoms with Crippen LogP contribution < -0.4 is 5.32 Å². The van der Waals surface area contributed by atoms with Gasteiger partial charge in [-0.3, -0.25) is 4.79 Å². The molecule has 3 nitrogen and oxygen atoms in total. The van der Waals surface area contributed by atoms with E-state index in [1.165, 1.54) is 18.6 Å². The first-order valence-electron chi connectivity index (χ1n) is 6.77. The van der Waals surface area contributed by atoms with Gasteiger partial charge in [0.05, 0.1) is 0 Å². The van der Waals surface area contributed by atoms with Crippen LogP contribution in [0.2, 0.25) is 0 Å². The van der Waals surface area contributed by atoms with Crippen molar-refractivity contribution >= 4 is 17.7 Å². The number of nitrogens with one attached hydrogen (secondary N) is 1. The molecule has 2 saturated heterocycles. The number of thioether (sulfide) groups is 1. The average Bonchev–Trinajstić information content (AvgIpc) is 2.30.